The minimum atomic E-state index is 0.130. The first-order valence-electron chi connectivity index (χ1n) is 5.97. The minimum Gasteiger partial charge on any atom is -0.306 e. The van der Waals surface area contributed by atoms with Gasteiger partial charge in [-0.2, -0.15) is 0 Å². The summed E-state index contributed by atoms with van der Waals surface area (Å²) < 4.78 is 2.22. The summed E-state index contributed by atoms with van der Waals surface area (Å²) in [6.45, 7) is 5.10. The molecule has 0 spiro atoms. The van der Waals surface area contributed by atoms with Crippen molar-refractivity contribution in [3.8, 4) is 0 Å². The highest BCUT2D eigenvalue weighted by molar-refractivity contribution is 9.11. The Morgan fingerprint density at radius 3 is 2.63 bits per heavy atom. The molecule has 102 valence electrons. The topological polar surface area (TPSA) is 12.0 Å². The first kappa shape index (κ1) is 15.5. The van der Waals surface area contributed by atoms with Crippen LogP contribution >= 0.6 is 54.8 Å². The van der Waals surface area contributed by atoms with Gasteiger partial charge in [0.1, 0.15) is 0 Å². The van der Waals surface area contributed by atoms with Crippen molar-refractivity contribution in [3.05, 3.63) is 53.6 Å². The van der Waals surface area contributed by atoms with E-state index in [-0.39, 0.29) is 6.04 Å². The molecular weight excluding hydrogens is 409 g/mol. The maximum absolute atomic E-state index is 6.36. The number of halogens is 3. The molecule has 1 atom stereocenters. The van der Waals surface area contributed by atoms with E-state index in [0.717, 1.165) is 21.6 Å². The van der Waals surface area contributed by atoms with Crippen LogP contribution in [0.15, 0.2) is 32.5 Å². The van der Waals surface area contributed by atoms with E-state index in [9.17, 15) is 0 Å². The molecule has 0 amide bonds. The minimum absolute atomic E-state index is 0.130. The predicted molar refractivity (Wildman–Crippen MR) is 91.4 cm³/mol. The van der Waals surface area contributed by atoms with Crippen LogP contribution in [0.3, 0.4) is 0 Å². The molecule has 0 fully saturated rings. The molecule has 1 aromatic carbocycles. The third-order valence-electron chi connectivity index (χ3n) is 2.84. The van der Waals surface area contributed by atoms with E-state index in [1.807, 2.05) is 12.1 Å². The number of hydrogen-bond donors (Lipinski definition) is 1. The normalized spacial score (nSPS) is 12.7. The van der Waals surface area contributed by atoms with Gasteiger partial charge in [0.05, 0.1) is 9.83 Å². The van der Waals surface area contributed by atoms with Crippen LogP contribution in [0.5, 0.6) is 0 Å². The van der Waals surface area contributed by atoms with E-state index in [1.165, 1.54) is 14.2 Å². The van der Waals surface area contributed by atoms with Gasteiger partial charge in [-0.05, 0) is 64.8 Å². The number of nitrogens with one attached hydrogen (secondary N) is 1. The molecule has 0 bridgehead atoms. The number of hydrogen-bond acceptors (Lipinski definition) is 2. The summed E-state index contributed by atoms with van der Waals surface area (Å²) in [4.78, 5) is 1.27. The van der Waals surface area contributed by atoms with Crippen molar-refractivity contribution >= 4 is 54.8 Å². The Labute approximate surface area is 139 Å². The van der Waals surface area contributed by atoms with Gasteiger partial charge >= 0.3 is 0 Å². The first-order chi connectivity index (χ1) is 9.02. The molecule has 19 heavy (non-hydrogen) atoms. The lowest BCUT2D eigenvalue weighted by Crippen LogP contribution is -2.21. The highest BCUT2D eigenvalue weighted by Crippen LogP contribution is 2.37. The van der Waals surface area contributed by atoms with Crippen molar-refractivity contribution in [2.75, 3.05) is 6.54 Å². The fraction of sp³-hybridized carbons (Fsp3) is 0.286. The molecule has 1 aromatic heterocycles. The molecule has 0 saturated carbocycles. The van der Waals surface area contributed by atoms with E-state index in [1.54, 1.807) is 11.3 Å². The van der Waals surface area contributed by atoms with Crippen LogP contribution in [0.25, 0.3) is 0 Å². The lowest BCUT2D eigenvalue weighted by molar-refractivity contribution is 0.639. The van der Waals surface area contributed by atoms with Crippen molar-refractivity contribution in [2.24, 2.45) is 0 Å². The SMILES string of the molecule is CCNC(c1cc(C)c(Br)s1)c1cc(Br)ccc1Cl. The number of benzene rings is 1. The van der Waals surface area contributed by atoms with Crippen LogP contribution in [0.4, 0.5) is 0 Å². The molecule has 1 unspecified atom stereocenters. The second-order valence-corrected chi connectivity index (χ2v) is 7.99. The molecule has 1 heterocycles. The smallest absolute Gasteiger partial charge is 0.0731 e. The van der Waals surface area contributed by atoms with Gasteiger partial charge in [-0.15, -0.1) is 11.3 Å². The van der Waals surface area contributed by atoms with E-state index in [0.29, 0.717) is 0 Å². The summed E-state index contributed by atoms with van der Waals surface area (Å²) in [7, 11) is 0. The van der Waals surface area contributed by atoms with E-state index < -0.39 is 0 Å². The lowest BCUT2D eigenvalue weighted by atomic mass is 10.0. The number of aryl methyl sites for hydroxylation is 1. The highest BCUT2D eigenvalue weighted by Gasteiger charge is 2.19. The average Bonchev–Trinajstić information content (AvgIpc) is 2.70. The zero-order valence-corrected chi connectivity index (χ0v) is 15.4. The van der Waals surface area contributed by atoms with Crippen LogP contribution in [0.1, 0.15) is 29.0 Å². The third-order valence-corrected chi connectivity index (χ3v) is 5.88. The predicted octanol–water partition coefficient (Wildman–Crippen LogP) is 5.93. The Morgan fingerprint density at radius 2 is 2.05 bits per heavy atom. The van der Waals surface area contributed by atoms with Crippen molar-refractivity contribution in [1.82, 2.24) is 5.32 Å². The molecular formula is C14H14Br2ClNS. The highest BCUT2D eigenvalue weighted by atomic mass is 79.9. The fourth-order valence-corrected chi connectivity index (χ4v) is 4.20. The Balaban J connectivity index is 2.47. The summed E-state index contributed by atoms with van der Waals surface area (Å²) >= 11 is 15.2. The molecule has 0 aliphatic carbocycles. The summed E-state index contributed by atoms with van der Waals surface area (Å²) in [5, 5.41) is 4.30. The average molecular weight is 424 g/mol. The lowest BCUT2D eigenvalue weighted by Gasteiger charge is -2.18. The molecule has 2 rings (SSSR count). The van der Waals surface area contributed by atoms with Crippen LogP contribution in [0.2, 0.25) is 5.02 Å². The summed E-state index contributed by atoms with van der Waals surface area (Å²) in [6, 6.07) is 8.31. The summed E-state index contributed by atoms with van der Waals surface area (Å²) in [5.74, 6) is 0. The molecule has 0 saturated heterocycles. The van der Waals surface area contributed by atoms with Crippen LogP contribution in [-0.2, 0) is 0 Å². The van der Waals surface area contributed by atoms with Crippen molar-refractivity contribution in [2.45, 2.75) is 19.9 Å². The number of rotatable bonds is 4. The van der Waals surface area contributed by atoms with Crippen molar-refractivity contribution < 1.29 is 0 Å². The standard InChI is InChI=1S/C14H14Br2ClNS/c1-3-18-13(12-6-8(2)14(16)19-12)10-7-9(15)4-5-11(10)17/h4-7,13,18H,3H2,1-2H3. The second-order valence-electron chi connectivity index (χ2n) is 4.26. The Bertz CT molecular complexity index is 563. The molecule has 1 N–H and O–H groups in total. The monoisotopic (exact) mass is 421 g/mol. The zero-order chi connectivity index (χ0) is 14.0. The van der Waals surface area contributed by atoms with Crippen molar-refractivity contribution in [3.63, 3.8) is 0 Å². The van der Waals surface area contributed by atoms with Crippen LogP contribution < -0.4 is 5.32 Å². The van der Waals surface area contributed by atoms with Gasteiger partial charge < -0.3 is 5.32 Å². The Morgan fingerprint density at radius 1 is 1.32 bits per heavy atom. The van der Waals surface area contributed by atoms with Gasteiger partial charge in [0, 0.05) is 14.4 Å². The molecule has 1 nitrogen and oxygen atoms in total. The molecule has 0 radical (unpaired) electrons. The molecule has 2 aromatic rings. The first-order valence-corrected chi connectivity index (χ1v) is 8.75. The summed E-state index contributed by atoms with van der Waals surface area (Å²) in [6.07, 6.45) is 0. The Kier molecular flexibility index (Phi) is 5.49. The Hall–Kier alpha value is 0.130. The van der Waals surface area contributed by atoms with Gasteiger partial charge in [0.2, 0.25) is 0 Å². The van der Waals surface area contributed by atoms with E-state index in [2.05, 4.69) is 63.2 Å². The maximum atomic E-state index is 6.36. The molecule has 0 aliphatic heterocycles. The second kappa shape index (κ2) is 6.72. The van der Waals surface area contributed by atoms with Gasteiger partial charge in [0.15, 0.2) is 0 Å². The quantitative estimate of drug-likeness (QED) is 0.642. The summed E-state index contributed by atoms with van der Waals surface area (Å²) in [5.41, 5.74) is 2.36. The zero-order valence-electron chi connectivity index (χ0n) is 10.6. The largest absolute Gasteiger partial charge is 0.306 e. The molecule has 0 aliphatic rings. The maximum Gasteiger partial charge on any atom is 0.0731 e. The van der Waals surface area contributed by atoms with Crippen molar-refractivity contribution in [1.29, 1.82) is 0 Å². The third kappa shape index (κ3) is 3.61. The van der Waals surface area contributed by atoms with Crippen LogP contribution in [-0.4, -0.2) is 6.54 Å². The van der Waals surface area contributed by atoms with Gasteiger partial charge in [0.25, 0.3) is 0 Å². The van der Waals surface area contributed by atoms with E-state index in [4.69, 9.17) is 11.6 Å². The fourth-order valence-electron chi connectivity index (χ4n) is 1.93. The van der Waals surface area contributed by atoms with Gasteiger partial charge in [-0.3, -0.25) is 0 Å². The number of thiophene rings is 1. The van der Waals surface area contributed by atoms with Gasteiger partial charge in [-0.25, -0.2) is 0 Å². The molecule has 5 heteroatoms. The van der Waals surface area contributed by atoms with E-state index >= 15 is 0 Å². The van der Waals surface area contributed by atoms with Gasteiger partial charge in [-0.1, -0.05) is 34.5 Å². The van der Waals surface area contributed by atoms with Crippen LogP contribution in [0, 0.1) is 6.92 Å².